The van der Waals surface area contributed by atoms with Crippen molar-refractivity contribution in [2.24, 2.45) is 0 Å². The first kappa shape index (κ1) is 16.5. The normalized spacial score (nSPS) is 19.7. The second-order valence-electron chi connectivity index (χ2n) is 6.10. The third kappa shape index (κ3) is 3.45. The first-order chi connectivity index (χ1) is 11.1. The van der Waals surface area contributed by atoms with Crippen molar-refractivity contribution in [3.8, 4) is 0 Å². The van der Waals surface area contributed by atoms with E-state index in [0.29, 0.717) is 4.32 Å². The molecular formula is C18H22N2OS2. The van der Waals surface area contributed by atoms with Gasteiger partial charge in [0.15, 0.2) is 0 Å². The summed E-state index contributed by atoms with van der Waals surface area (Å²) in [5.41, 5.74) is 3.77. The lowest BCUT2D eigenvalue weighted by atomic mass is 9.99. The number of aryl methyl sites for hydroxylation is 1. The van der Waals surface area contributed by atoms with Crippen LogP contribution in [0.25, 0.3) is 6.08 Å². The molecule has 3 nitrogen and oxygen atoms in total. The summed E-state index contributed by atoms with van der Waals surface area (Å²) in [5, 5.41) is 0. The van der Waals surface area contributed by atoms with Crippen LogP contribution in [-0.4, -0.2) is 35.3 Å². The molecule has 1 aromatic carbocycles. The number of fused-ring (bicyclic) bond motifs is 1. The molecule has 0 atom stereocenters. The molecule has 0 aromatic heterocycles. The number of benzene rings is 1. The second kappa shape index (κ2) is 7.05. The Balaban J connectivity index is 1.82. The Hall–Kier alpha value is -1.33. The quantitative estimate of drug-likeness (QED) is 0.606. The number of carbonyl (C=O) groups is 1. The number of hydrogen-bond acceptors (Lipinski definition) is 4. The van der Waals surface area contributed by atoms with E-state index in [4.69, 9.17) is 12.2 Å². The maximum atomic E-state index is 12.5. The number of rotatable bonds is 4. The van der Waals surface area contributed by atoms with Crippen LogP contribution < -0.4 is 4.90 Å². The van der Waals surface area contributed by atoms with E-state index >= 15 is 0 Å². The summed E-state index contributed by atoms with van der Waals surface area (Å²) < 4.78 is 0.687. The van der Waals surface area contributed by atoms with Crippen LogP contribution in [0.5, 0.6) is 0 Å². The topological polar surface area (TPSA) is 23.6 Å². The van der Waals surface area contributed by atoms with Crippen molar-refractivity contribution in [1.82, 2.24) is 4.90 Å². The average molecular weight is 347 g/mol. The summed E-state index contributed by atoms with van der Waals surface area (Å²) in [5.74, 6) is 0.0586. The van der Waals surface area contributed by atoms with Gasteiger partial charge in [0.25, 0.3) is 5.91 Å². The van der Waals surface area contributed by atoms with E-state index in [1.807, 2.05) is 6.08 Å². The molecule has 0 bridgehead atoms. The van der Waals surface area contributed by atoms with Gasteiger partial charge in [0.1, 0.15) is 4.32 Å². The summed E-state index contributed by atoms with van der Waals surface area (Å²) in [7, 11) is 2.14. The van der Waals surface area contributed by atoms with Gasteiger partial charge < -0.3 is 4.90 Å². The number of anilines is 1. The van der Waals surface area contributed by atoms with Gasteiger partial charge in [-0.25, -0.2) is 0 Å². The number of carbonyl (C=O) groups excluding carboxylic acids is 1. The molecule has 23 heavy (non-hydrogen) atoms. The minimum Gasteiger partial charge on any atom is -0.374 e. The first-order valence-corrected chi connectivity index (χ1v) is 9.42. The number of thioether (sulfide) groups is 1. The average Bonchev–Trinajstić information content (AvgIpc) is 2.79. The largest absolute Gasteiger partial charge is 0.374 e. The SMILES string of the molecule is CCCCN1C(=O)/C(=C/c2ccc3c(c2)CCCN3C)SC1=S. The fraction of sp³-hybridized carbons (Fsp3) is 0.444. The summed E-state index contributed by atoms with van der Waals surface area (Å²) in [6.45, 7) is 3.97. The molecule has 1 aromatic rings. The molecule has 122 valence electrons. The van der Waals surface area contributed by atoms with Crippen LogP contribution in [0.15, 0.2) is 23.1 Å². The van der Waals surface area contributed by atoms with Gasteiger partial charge >= 0.3 is 0 Å². The Bertz CT molecular complexity index is 669. The molecule has 2 aliphatic rings. The zero-order valence-corrected chi connectivity index (χ0v) is 15.3. The lowest BCUT2D eigenvalue weighted by Crippen LogP contribution is -2.28. The van der Waals surface area contributed by atoms with Crippen molar-refractivity contribution in [2.45, 2.75) is 32.6 Å². The zero-order chi connectivity index (χ0) is 16.4. The van der Waals surface area contributed by atoms with Gasteiger partial charge in [-0.2, -0.15) is 0 Å². The Labute approximate surface area is 147 Å². The Morgan fingerprint density at radius 3 is 3.00 bits per heavy atom. The molecule has 2 heterocycles. The summed E-state index contributed by atoms with van der Waals surface area (Å²) in [4.78, 5) is 17.3. The highest BCUT2D eigenvalue weighted by Crippen LogP contribution is 2.34. The minimum absolute atomic E-state index is 0.0586. The van der Waals surface area contributed by atoms with E-state index in [0.717, 1.165) is 42.8 Å². The predicted octanol–water partition coefficient (Wildman–Crippen LogP) is 4.07. The predicted molar refractivity (Wildman–Crippen MR) is 103 cm³/mol. The third-order valence-electron chi connectivity index (χ3n) is 4.36. The van der Waals surface area contributed by atoms with E-state index in [1.54, 1.807) is 4.90 Å². The second-order valence-corrected chi connectivity index (χ2v) is 7.78. The van der Waals surface area contributed by atoms with Gasteiger partial charge in [-0.1, -0.05) is 43.4 Å². The van der Waals surface area contributed by atoms with E-state index in [-0.39, 0.29) is 5.91 Å². The maximum absolute atomic E-state index is 12.5. The fourth-order valence-electron chi connectivity index (χ4n) is 3.06. The van der Waals surface area contributed by atoms with Crippen LogP contribution in [0.1, 0.15) is 37.3 Å². The number of thiocarbonyl (C=S) groups is 1. The maximum Gasteiger partial charge on any atom is 0.266 e. The number of amides is 1. The lowest BCUT2D eigenvalue weighted by molar-refractivity contribution is -0.122. The molecule has 5 heteroatoms. The van der Waals surface area contributed by atoms with Crippen LogP contribution in [0.3, 0.4) is 0 Å². The lowest BCUT2D eigenvalue weighted by Gasteiger charge is -2.27. The number of hydrogen-bond donors (Lipinski definition) is 0. The smallest absolute Gasteiger partial charge is 0.266 e. The van der Waals surface area contributed by atoms with E-state index in [9.17, 15) is 4.79 Å². The van der Waals surface area contributed by atoms with E-state index < -0.39 is 0 Å². The molecule has 3 rings (SSSR count). The van der Waals surface area contributed by atoms with Crippen LogP contribution in [0.2, 0.25) is 0 Å². The first-order valence-electron chi connectivity index (χ1n) is 8.19. The molecule has 0 saturated carbocycles. The summed E-state index contributed by atoms with van der Waals surface area (Å²) in [6, 6.07) is 6.47. The summed E-state index contributed by atoms with van der Waals surface area (Å²) >= 11 is 6.78. The van der Waals surface area contributed by atoms with Crippen molar-refractivity contribution >= 4 is 46.0 Å². The highest BCUT2D eigenvalue weighted by atomic mass is 32.2. The van der Waals surface area contributed by atoms with Crippen molar-refractivity contribution in [1.29, 1.82) is 0 Å². The van der Waals surface area contributed by atoms with Crippen LogP contribution in [0.4, 0.5) is 5.69 Å². The summed E-state index contributed by atoms with van der Waals surface area (Å²) in [6.07, 6.45) is 6.34. The molecule has 2 aliphatic heterocycles. The highest BCUT2D eigenvalue weighted by Gasteiger charge is 2.31. The molecule has 1 amide bonds. The molecule has 1 saturated heterocycles. The molecule has 0 spiro atoms. The van der Waals surface area contributed by atoms with Gasteiger partial charge in [-0.15, -0.1) is 0 Å². The molecule has 0 unspecified atom stereocenters. The number of nitrogens with zero attached hydrogens (tertiary/aromatic N) is 2. The van der Waals surface area contributed by atoms with Crippen molar-refractivity contribution in [3.05, 3.63) is 34.2 Å². The van der Waals surface area contributed by atoms with Crippen molar-refractivity contribution in [2.75, 3.05) is 25.0 Å². The van der Waals surface area contributed by atoms with E-state index in [1.165, 1.54) is 29.4 Å². The van der Waals surface area contributed by atoms with Crippen LogP contribution in [-0.2, 0) is 11.2 Å². The zero-order valence-electron chi connectivity index (χ0n) is 13.7. The molecule has 1 fully saturated rings. The standard InChI is InChI=1S/C18H22N2OS2/c1-3-4-10-20-17(21)16(23-18(20)22)12-13-7-8-15-14(11-13)6-5-9-19(15)2/h7-8,11-12H,3-6,9-10H2,1-2H3/b16-12-. The fourth-order valence-corrected chi connectivity index (χ4v) is 4.36. The van der Waals surface area contributed by atoms with Crippen molar-refractivity contribution < 1.29 is 4.79 Å². The molecule has 0 N–H and O–H groups in total. The number of unbranched alkanes of at least 4 members (excludes halogenated alkanes) is 1. The Morgan fingerprint density at radius 1 is 1.39 bits per heavy atom. The van der Waals surface area contributed by atoms with Crippen LogP contribution in [0, 0.1) is 0 Å². The van der Waals surface area contributed by atoms with E-state index in [2.05, 4.69) is 37.1 Å². The van der Waals surface area contributed by atoms with Gasteiger partial charge in [-0.3, -0.25) is 9.69 Å². The Morgan fingerprint density at radius 2 is 2.22 bits per heavy atom. The monoisotopic (exact) mass is 346 g/mol. The molecular weight excluding hydrogens is 324 g/mol. The highest BCUT2D eigenvalue weighted by molar-refractivity contribution is 8.26. The van der Waals surface area contributed by atoms with Gasteiger partial charge in [-0.05, 0) is 48.6 Å². The van der Waals surface area contributed by atoms with Crippen molar-refractivity contribution in [3.63, 3.8) is 0 Å². The third-order valence-corrected chi connectivity index (χ3v) is 5.74. The van der Waals surface area contributed by atoms with Gasteiger partial charge in [0.2, 0.25) is 0 Å². The van der Waals surface area contributed by atoms with Gasteiger partial charge in [0, 0.05) is 25.8 Å². The molecule has 0 radical (unpaired) electrons. The Kier molecular flexibility index (Phi) is 5.07. The van der Waals surface area contributed by atoms with Gasteiger partial charge in [0.05, 0.1) is 4.91 Å². The molecule has 0 aliphatic carbocycles. The minimum atomic E-state index is 0.0586. The van der Waals surface area contributed by atoms with Crippen LogP contribution >= 0.6 is 24.0 Å².